The van der Waals surface area contributed by atoms with Crippen LogP contribution in [-0.2, 0) is 23.9 Å². The molecule has 0 unspecified atom stereocenters. The monoisotopic (exact) mass is 271 g/mol. The molecule has 1 atom stereocenters. The molecule has 1 aliphatic rings. The number of amides is 3. The van der Waals surface area contributed by atoms with Gasteiger partial charge in [0.05, 0.1) is 13.2 Å². The predicted molar refractivity (Wildman–Crippen MR) is 63.8 cm³/mol. The van der Waals surface area contributed by atoms with Gasteiger partial charge in [-0.05, 0) is 13.3 Å². The minimum Gasteiger partial charge on any atom is -0.465 e. The maximum absolute atomic E-state index is 11.5. The number of esters is 1. The van der Waals surface area contributed by atoms with Gasteiger partial charge in [-0.25, -0.2) is 0 Å². The first-order valence-electron chi connectivity index (χ1n) is 6.02. The van der Waals surface area contributed by atoms with Gasteiger partial charge in [0.15, 0.2) is 0 Å². The highest BCUT2D eigenvalue weighted by molar-refractivity contribution is 5.93. The van der Waals surface area contributed by atoms with Gasteiger partial charge in [0.1, 0.15) is 12.6 Å². The molecule has 3 amide bonds. The second-order valence-corrected chi connectivity index (χ2v) is 3.96. The molecule has 8 nitrogen and oxygen atoms in total. The number of ether oxygens (including phenoxy) is 1. The summed E-state index contributed by atoms with van der Waals surface area (Å²) in [6, 6.07) is -0.578. The number of hydrogen-bond donors (Lipinski definition) is 3. The Morgan fingerprint density at radius 1 is 1.32 bits per heavy atom. The van der Waals surface area contributed by atoms with E-state index in [0.717, 1.165) is 0 Å². The number of carbonyl (C=O) groups excluding carboxylic acids is 4. The van der Waals surface area contributed by atoms with Crippen LogP contribution in [0.3, 0.4) is 0 Å². The molecule has 19 heavy (non-hydrogen) atoms. The number of carbonyl (C=O) groups is 4. The van der Waals surface area contributed by atoms with E-state index >= 15 is 0 Å². The van der Waals surface area contributed by atoms with E-state index in [2.05, 4.69) is 20.7 Å². The summed E-state index contributed by atoms with van der Waals surface area (Å²) >= 11 is 0. The minimum atomic E-state index is -0.578. The molecule has 0 aromatic carbocycles. The molecule has 1 fully saturated rings. The van der Waals surface area contributed by atoms with Crippen LogP contribution in [0.2, 0.25) is 0 Å². The third-order valence-electron chi connectivity index (χ3n) is 2.47. The summed E-state index contributed by atoms with van der Waals surface area (Å²) in [5.74, 6) is -1.61. The van der Waals surface area contributed by atoms with E-state index in [4.69, 9.17) is 0 Å². The third-order valence-corrected chi connectivity index (χ3v) is 2.47. The fourth-order valence-electron chi connectivity index (χ4n) is 1.55. The lowest BCUT2D eigenvalue weighted by molar-refractivity contribution is -0.143. The molecular formula is C11H17N3O5. The van der Waals surface area contributed by atoms with Crippen LogP contribution in [0.15, 0.2) is 0 Å². The zero-order chi connectivity index (χ0) is 14.3. The molecule has 106 valence electrons. The summed E-state index contributed by atoms with van der Waals surface area (Å²) < 4.78 is 4.62. The fraction of sp³-hybridized carbons (Fsp3) is 0.636. The van der Waals surface area contributed by atoms with Crippen molar-refractivity contribution in [2.75, 3.05) is 19.7 Å². The average Bonchev–Trinajstić information content (AvgIpc) is 2.80. The van der Waals surface area contributed by atoms with Gasteiger partial charge in [0, 0.05) is 6.42 Å². The van der Waals surface area contributed by atoms with Crippen LogP contribution in [-0.4, -0.2) is 49.4 Å². The molecule has 1 aliphatic heterocycles. The van der Waals surface area contributed by atoms with Crippen molar-refractivity contribution in [1.82, 2.24) is 16.0 Å². The summed E-state index contributed by atoms with van der Waals surface area (Å²) in [7, 11) is 0. The summed E-state index contributed by atoms with van der Waals surface area (Å²) in [5.41, 5.74) is 0. The van der Waals surface area contributed by atoms with Gasteiger partial charge in [-0.3, -0.25) is 19.2 Å². The van der Waals surface area contributed by atoms with Crippen molar-refractivity contribution in [3.63, 3.8) is 0 Å². The molecule has 0 aromatic heterocycles. The number of nitrogens with one attached hydrogen (secondary N) is 3. The largest absolute Gasteiger partial charge is 0.465 e. The van der Waals surface area contributed by atoms with Gasteiger partial charge >= 0.3 is 5.97 Å². The maximum atomic E-state index is 11.5. The molecule has 0 spiro atoms. The summed E-state index contributed by atoms with van der Waals surface area (Å²) in [6.07, 6.45) is 0.738. The Bertz CT molecular complexity index is 383. The molecule has 0 saturated carbocycles. The zero-order valence-electron chi connectivity index (χ0n) is 10.7. The minimum absolute atomic E-state index is 0.174. The van der Waals surface area contributed by atoms with Crippen LogP contribution < -0.4 is 16.0 Å². The van der Waals surface area contributed by atoms with Gasteiger partial charge < -0.3 is 20.7 Å². The van der Waals surface area contributed by atoms with Crippen LogP contribution in [0.4, 0.5) is 0 Å². The smallest absolute Gasteiger partial charge is 0.325 e. The number of hydrogen-bond acceptors (Lipinski definition) is 5. The molecule has 8 heteroatoms. The predicted octanol–water partition coefficient (Wildman–Crippen LogP) is -1.94. The molecule has 0 radical (unpaired) electrons. The quantitative estimate of drug-likeness (QED) is 0.486. The Balaban J connectivity index is 2.17. The summed E-state index contributed by atoms with van der Waals surface area (Å²) in [6.45, 7) is 1.43. The van der Waals surface area contributed by atoms with Crippen LogP contribution in [0.25, 0.3) is 0 Å². The Morgan fingerprint density at radius 3 is 2.63 bits per heavy atom. The van der Waals surface area contributed by atoms with Gasteiger partial charge in [-0.2, -0.15) is 0 Å². The van der Waals surface area contributed by atoms with Crippen molar-refractivity contribution < 1.29 is 23.9 Å². The highest BCUT2D eigenvalue weighted by Gasteiger charge is 2.27. The van der Waals surface area contributed by atoms with E-state index < -0.39 is 23.8 Å². The van der Waals surface area contributed by atoms with E-state index in [0.29, 0.717) is 12.8 Å². The van der Waals surface area contributed by atoms with Crippen molar-refractivity contribution in [3.05, 3.63) is 0 Å². The SMILES string of the molecule is CCOC(=O)CNC(=O)CNC(=O)[C@@H]1CCC(=O)N1. The average molecular weight is 271 g/mol. The lowest BCUT2D eigenvalue weighted by Crippen LogP contribution is -2.46. The third kappa shape index (κ3) is 5.36. The molecule has 3 N–H and O–H groups in total. The molecular weight excluding hydrogens is 254 g/mol. The lowest BCUT2D eigenvalue weighted by Gasteiger charge is -2.10. The van der Waals surface area contributed by atoms with E-state index in [1.807, 2.05) is 0 Å². The molecule has 0 aromatic rings. The van der Waals surface area contributed by atoms with E-state index in [1.54, 1.807) is 6.92 Å². The molecule has 0 bridgehead atoms. The lowest BCUT2D eigenvalue weighted by atomic mass is 10.2. The van der Waals surface area contributed by atoms with Crippen molar-refractivity contribution in [2.24, 2.45) is 0 Å². The van der Waals surface area contributed by atoms with Crippen molar-refractivity contribution in [3.8, 4) is 0 Å². The van der Waals surface area contributed by atoms with Crippen molar-refractivity contribution in [2.45, 2.75) is 25.8 Å². The van der Waals surface area contributed by atoms with Crippen LogP contribution in [0, 0.1) is 0 Å². The van der Waals surface area contributed by atoms with Gasteiger partial charge in [-0.1, -0.05) is 0 Å². The Labute approximate surface area is 110 Å². The molecule has 1 heterocycles. The summed E-state index contributed by atoms with van der Waals surface area (Å²) in [4.78, 5) is 44.7. The molecule has 0 aliphatic carbocycles. The second kappa shape index (κ2) is 7.34. The Hall–Kier alpha value is -2.12. The Morgan fingerprint density at radius 2 is 2.05 bits per heavy atom. The van der Waals surface area contributed by atoms with Crippen molar-refractivity contribution >= 4 is 23.7 Å². The van der Waals surface area contributed by atoms with Crippen LogP contribution >= 0.6 is 0 Å². The van der Waals surface area contributed by atoms with E-state index in [1.165, 1.54) is 0 Å². The Kier molecular flexibility index (Phi) is 5.77. The normalized spacial score (nSPS) is 17.5. The zero-order valence-corrected chi connectivity index (χ0v) is 10.7. The molecule has 1 saturated heterocycles. The van der Waals surface area contributed by atoms with Gasteiger partial charge in [-0.15, -0.1) is 0 Å². The highest BCUT2D eigenvalue weighted by atomic mass is 16.5. The van der Waals surface area contributed by atoms with Crippen molar-refractivity contribution in [1.29, 1.82) is 0 Å². The first-order chi connectivity index (χ1) is 9.02. The highest BCUT2D eigenvalue weighted by Crippen LogP contribution is 2.05. The number of rotatable bonds is 6. The molecule has 1 rings (SSSR count). The van der Waals surface area contributed by atoms with Crippen LogP contribution in [0.5, 0.6) is 0 Å². The first kappa shape index (κ1) is 14.9. The van der Waals surface area contributed by atoms with Gasteiger partial charge in [0.2, 0.25) is 17.7 Å². The maximum Gasteiger partial charge on any atom is 0.325 e. The van der Waals surface area contributed by atoms with E-state index in [9.17, 15) is 19.2 Å². The topological polar surface area (TPSA) is 114 Å². The van der Waals surface area contributed by atoms with Gasteiger partial charge in [0.25, 0.3) is 0 Å². The summed E-state index contributed by atoms with van der Waals surface area (Å²) in [5, 5.41) is 7.18. The van der Waals surface area contributed by atoms with Crippen LogP contribution in [0.1, 0.15) is 19.8 Å². The second-order valence-electron chi connectivity index (χ2n) is 3.96. The standard InChI is InChI=1S/C11H17N3O5/c1-2-19-10(17)6-12-9(16)5-13-11(18)7-3-4-8(15)14-7/h7H,2-6H2,1H3,(H,12,16)(H,13,18)(H,14,15)/t7-/m0/s1. The van der Waals surface area contributed by atoms with E-state index in [-0.39, 0.29) is 25.6 Å². The first-order valence-corrected chi connectivity index (χ1v) is 6.02. The fourth-order valence-corrected chi connectivity index (χ4v) is 1.55.